The first-order valence-corrected chi connectivity index (χ1v) is 6.09. The van der Waals surface area contributed by atoms with Gasteiger partial charge in [-0.1, -0.05) is 25.4 Å². The molecule has 1 rings (SSSR count). The number of aryl methyl sites for hydroxylation is 1. The Morgan fingerprint density at radius 1 is 1.38 bits per heavy atom. The molecule has 0 aliphatic rings. The topological polar surface area (TPSA) is 21.3 Å². The van der Waals surface area contributed by atoms with Gasteiger partial charge in [0.05, 0.1) is 6.61 Å². The van der Waals surface area contributed by atoms with E-state index in [0.717, 1.165) is 35.9 Å². The SMILES string of the molecule is Cc1cc(OCCCNC(C)C)ccc1Cl. The standard InChI is InChI=1S/C13H20ClNO/c1-10(2)15-7-4-8-16-12-5-6-13(14)11(3)9-12/h5-6,9-10,15H,4,7-8H2,1-3H3. The van der Waals surface area contributed by atoms with E-state index in [-0.39, 0.29) is 0 Å². The molecule has 3 heteroatoms. The molecule has 1 aromatic carbocycles. The maximum atomic E-state index is 5.93. The Morgan fingerprint density at radius 2 is 2.12 bits per heavy atom. The summed E-state index contributed by atoms with van der Waals surface area (Å²) in [7, 11) is 0. The highest BCUT2D eigenvalue weighted by molar-refractivity contribution is 6.31. The third kappa shape index (κ3) is 4.86. The third-order valence-electron chi connectivity index (χ3n) is 2.27. The van der Waals surface area contributed by atoms with E-state index >= 15 is 0 Å². The maximum Gasteiger partial charge on any atom is 0.119 e. The van der Waals surface area contributed by atoms with Crippen molar-refractivity contribution in [2.45, 2.75) is 33.2 Å². The summed E-state index contributed by atoms with van der Waals surface area (Å²) in [5.74, 6) is 0.895. The van der Waals surface area contributed by atoms with E-state index in [1.54, 1.807) is 0 Å². The predicted octanol–water partition coefficient (Wildman–Crippen LogP) is 3.42. The van der Waals surface area contributed by atoms with E-state index in [2.05, 4.69) is 19.2 Å². The molecular formula is C13H20ClNO. The van der Waals surface area contributed by atoms with Crippen molar-refractivity contribution in [1.29, 1.82) is 0 Å². The first-order chi connectivity index (χ1) is 7.59. The van der Waals surface area contributed by atoms with Crippen LogP contribution in [0.25, 0.3) is 0 Å². The van der Waals surface area contributed by atoms with Crippen LogP contribution in [0, 0.1) is 6.92 Å². The molecule has 1 N–H and O–H groups in total. The zero-order valence-corrected chi connectivity index (χ0v) is 11.0. The summed E-state index contributed by atoms with van der Waals surface area (Å²) < 4.78 is 5.62. The smallest absolute Gasteiger partial charge is 0.119 e. The van der Waals surface area contributed by atoms with Gasteiger partial charge in [-0.15, -0.1) is 0 Å². The van der Waals surface area contributed by atoms with Crippen LogP contribution in [0.1, 0.15) is 25.8 Å². The molecule has 90 valence electrons. The predicted molar refractivity (Wildman–Crippen MR) is 69.4 cm³/mol. The molecule has 0 unspecified atom stereocenters. The summed E-state index contributed by atoms with van der Waals surface area (Å²) in [6.45, 7) is 7.99. The number of ether oxygens (including phenoxy) is 1. The van der Waals surface area contributed by atoms with Gasteiger partial charge < -0.3 is 10.1 Å². The Labute approximate surface area is 103 Å². The molecule has 16 heavy (non-hydrogen) atoms. The van der Waals surface area contributed by atoms with Crippen LogP contribution in [0.15, 0.2) is 18.2 Å². The van der Waals surface area contributed by atoms with Gasteiger partial charge in [0.15, 0.2) is 0 Å². The van der Waals surface area contributed by atoms with Crippen molar-refractivity contribution in [1.82, 2.24) is 5.32 Å². The average molecular weight is 242 g/mol. The molecule has 0 amide bonds. The molecular weight excluding hydrogens is 222 g/mol. The molecule has 0 atom stereocenters. The highest BCUT2D eigenvalue weighted by Crippen LogP contribution is 2.20. The Kier molecular flexibility index (Phi) is 5.64. The van der Waals surface area contributed by atoms with E-state index in [1.807, 2.05) is 25.1 Å². The number of hydrogen-bond donors (Lipinski definition) is 1. The number of hydrogen-bond acceptors (Lipinski definition) is 2. The van der Waals surface area contributed by atoms with Crippen molar-refractivity contribution >= 4 is 11.6 Å². The highest BCUT2D eigenvalue weighted by Gasteiger charge is 1.98. The fraction of sp³-hybridized carbons (Fsp3) is 0.538. The van der Waals surface area contributed by atoms with E-state index in [4.69, 9.17) is 16.3 Å². The van der Waals surface area contributed by atoms with Gasteiger partial charge in [-0.2, -0.15) is 0 Å². The summed E-state index contributed by atoms with van der Waals surface area (Å²) in [5, 5.41) is 4.14. The molecule has 0 spiro atoms. The van der Waals surface area contributed by atoms with E-state index < -0.39 is 0 Å². The normalized spacial score (nSPS) is 10.8. The Hall–Kier alpha value is -0.730. The van der Waals surface area contributed by atoms with Gasteiger partial charge in [0.25, 0.3) is 0 Å². The minimum atomic E-state index is 0.540. The molecule has 1 aromatic rings. The van der Waals surface area contributed by atoms with Crippen LogP contribution in [-0.4, -0.2) is 19.2 Å². The number of halogens is 1. The van der Waals surface area contributed by atoms with Gasteiger partial charge in [0, 0.05) is 11.1 Å². The highest BCUT2D eigenvalue weighted by atomic mass is 35.5. The molecule has 0 fully saturated rings. The monoisotopic (exact) mass is 241 g/mol. The lowest BCUT2D eigenvalue weighted by Gasteiger charge is -2.09. The molecule has 0 aliphatic carbocycles. The minimum Gasteiger partial charge on any atom is -0.494 e. The lowest BCUT2D eigenvalue weighted by molar-refractivity contribution is 0.306. The van der Waals surface area contributed by atoms with Crippen molar-refractivity contribution in [3.63, 3.8) is 0 Å². The van der Waals surface area contributed by atoms with Gasteiger partial charge >= 0.3 is 0 Å². The van der Waals surface area contributed by atoms with E-state index in [1.165, 1.54) is 0 Å². The maximum absolute atomic E-state index is 5.93. The van der Waals surface area contributed by atoms with Gasteiger partial charge in [-0.25, -0.2) is 0 Å². The summed E-state index contributed by atoms with van der Waals surface area (Å²) in [4.78, 5) is 0. The average Bonchev–Trinajstić information content (AvgIpc) is 2.22. The van der Waals surface area contributed by atoms with Crippen LogP contribution >= 0.6 is 11.6 Å². The first kappa shape index (κ1) is 13.3. The van der Waals surface area contributed by atoms with E-state index in [9.17, 15) is 0 Å². The minimum absolute atomic E-state index is 0.540. The summed E-state index contributed by atoms with van der Waals surface area (Å²) in [6.07, 6.45) is 1.01. The van der Waals surface area contributed by atoms with Crippen LogP contribution < -0.4 is 10.1 Å². The quantitative estimate of drug-likeness (QED) is 0.771. The molecule has 0 saturated carbocycles. The Bertz CT molecular complexity index is 326. The Balaban J connectivity index is 2.24. The van der Waals surface area contributed by atoms with Crippen molar-refractivity contribution in [2.24, 2.45) is 0 Å². The van der Waals surface area contributed by atoms with Crippen LogP contribution in [0.4, 0.5) is 0 Å². The lowest BCUT2D eigenvalue weighted by atomic mass is 10.2. The Morgan fingerprint density at radius 3 is 2.75 bits per heavy atom. The second-order valence-corrected chi connectivity index (χ2v) is 4.63. The van der Waals surface area contributed by atoms with Gasteiger partial charge in [0.2, 0.25) is 0 Å². The number of benzene rings is 1. The van der Waals surface area contributed by atoms with Gasteiger partial charge in [-0.05, 0) is 43.7 Å². The number of rotatable bonds is 6. The van der Waals surface area contributed by atoms with E-state index in [0.29, 0.717) is 6.04 Å². The summed E-state index contributed by atoms with van der Waals surface area (Å²) in [6, 6.07) is 6.29. The van der Waals surface area contributed by atoms with Crippen LogP contribution in [0.5, 0.6) is 5.75 Å². The largest absolute Gasteiger partial charge is 0.494 e. The van der Waals surface area contributed by atoms with Gasteiger partial charge in [-0.3, -0.25) is 0 Å². The fourth-order valence-corrected chi connectivity index (χ4v) is 1.48. The number of nitrogens with one attached hydrogen (secondary N) is 1. The second-order valence-electron chi connectivity index (χ2n) is 4.22. The zero-order valence-electron chi connectivity index (χ0n) is 10.2. The second kappa shape index (κ2) is 6.77. The molecule has 0 bridgehead atoms. The molecule has 0 aliphatic heterocycles. The summed E-state index contributed by atoms with van der Waals surface area (Å²) >= 11 is 5.93. The van der Waals surface area contributed by atoms with Crippen LogP contribution in [0.3, 0.4) is 0 Å². The summed E-state index contributed by atoms with van der Waals surface area (Å²) in [5.41, 5.74) is 1.06. The van der Waals surface area contributed by atoms with Crippen molar-refractivity contribution < 1.29 is 4.74 Å². The zero-order chi connectivity index (χ0) is 12.0. The molecule has 0 aromatic heterocycles. The third-order valence-corrected chi connectivity index (χ3v) is 2.70. The lowest BCUT2D eigenvalue weighted by Crippen LogP contribution is -2.24. The van der Waals surface area contributed by atoms with Gasteiger partial charge in [0.1, 0.15) is 5.75 Å². The molecule has 2 nitrogen and oxygen atoms in total. The fourth-order valence-electron chi connectivity index (χ4n) is 1.36. The van der Waals surface area contributed by atoms with Crippen molar-refractivity contribution in [3.05, 3.63) is 28.8 Å². The van der Waals surface area contributed by atoms with Crippen LogP contribution in [-0.2, 0) is 0 Å². The molecule has 0 radical (unpaired) electrons. The molecule has 0 saturated heterocycles. The molecule has 0 heterocycles. The van der Waals surface area contributed by atoms with Crippen molar-refractivity contribution in [2.75, 3.05) is 13.2 Å². The van der Waals surface area contributed by atoms with Crippen LogP contribution in [0.2, 0.25) is 5.02 Å². The van der Waals surface area contributed by atoms with Crippen molar-refractivity contribution in [3.8, 4) is 5.75 Å². The first-order valence-electron chi connectivity index (χ1n) is 5.72.